The van der Waals surface area contributed by atoms with Crippen molar-refractivity contribution in [3.63, 3.8) is 0 Å². The maximum absolute atomic E-state index is 13.1. The van der Waals surface area contributed by atoms with E-state index in [0.717, 1.165) is 68.9 Å². The minimum Gasteiger partial charge on any atom is -0.337 e. The highest BCUT2D eigenvalue weighted by molar-refractivity contribution is 6.30. The van der Waals surface area contributed by atoms with Crippen molar-refractivity contribution >= 4 is 29.3 Å². The molecule has 0 radical (unpaired) electrons. The number of benzene rings is 1. The lowest BCUT2D eigenvalue weighted by Crippen LogP contribution is -2.48. The lowest BCUT2D eigenvalue weighted by molar-refractivity contribution is 0.160. The van der Waals surface area contributed by atoms with E-state index in [1.165, 1.54) is 47.2 Å². The zero-order valence-electron chi connectivity index (χ0n) is 23.5. The number of hydrogen-bond acceptors (Lipinski definition) is 3. The Labute approximate surface area is 242 Å². The summed E-state index contributed by atoms with van der Waals surface area (Å²) in [6.07, 6.45) is 18.2. The number of nitrogens with one attached hydrogen (secondary N) is 1. The van der Waals surface area contributed by atoms with Crippen LogP contribution in [-0.4, -0.2) is 44.6 Å². The number of fused-ring (bicyclic) bond motifs is 2. The molecule has 1 aromatic carbocycles. The fourth-order valence-electron chi connectivity index (χ4n) is 6.98. The molecule has 1 saturated carbocycles. The van der Waals surface area contributed by atoms with E-state index in [1.807, 2.05) is 30.4 Å². The molecule has 3 heterocycles. The average Bonchev–Trinajstić information content (AvgIpc) is 3.33. The average molecular weight is 558 g/mol. The Morgan fingerprint density at radius 1 is 1.07 bits per heavy atom. The van der Waals surface area contributed by atoms with E-state index in [1.54, 1.807) is 0 Å². The molecule has 1 N–H and O–H groups in total. The summed E-state index contributed by atoms with van der Waals surface area (Å²) in [5.74, 6) is 0.589. The second-order valence-corrected chi connectivity index (χ2v) is 12.3. The number of imidazole rings is 1. The first kappa shape index (κ1) is 27.1. The largest absolute Gasteiger partial charge is 0.337 e. The zero-order valence-corrected chi connectivity index (χ0v) is 24.2. The van der Waals surface area contributed by atoms with Crippen LogP contribution in [0.4, 0.5) is 4.79 Å². The molecule has 0 unspecified atom stereocenters. The molecule has 40 heavy (non-hydrogen) atoms. The molecule has 6 rings (SSSR count). The highest BCUT2D eigenvalue weighted by atomic mass is 35.5. The number of amides is 2. The van der Waals surface area contributed by atoms with E-state index in [9.17, 15) is 4.79 Å². The van der Waals surface area contributed by atoms with Crippen LogP contribution < -0.4 is 5.32 Å². The van der Waals surface area contributed by atoms with Gasteiger partial charge >= 0.3 is 6.03 Å². The molecular formula is C33H40ClN5O. The molecule has 2 aliphatic carbocycles. The zero-order chi connectivity index (χ0) is 27.5. The molecule has 210 valence electrons. The number of aryl methyl sites for hydroxylation is 2. The number of pyridine rings is 1. The second kappa shape index (κ2) is 12.2. The number of halogens is 1. The van der Waals surface area contributed by atoms with E-state index in [-0.39, 0.29) is 11.9 Å². The van der Waals surface area contributed by atoms with Gasteiger partial charge in [-0.2, -0.15) is 0 Å². The Hall–Kier alpha value is -3.12. The Morgan fingerprint density at radius 2 is 1.90 bits per heavy atom. The van der Waals surface area contributed by atoms with Gasteiger partial charge in [-0.25, -0.2) is 9.78 Å². The SMILES string of the molecule is Cc1cn(CCCC2=Cc3cc(Cl)ccc3[C@@H](C3CCN(C(=O)NC4CCCCC4)CC3)c3ncccc32)cn1. The van der Waals surface area contributed by atoms with Gasteiger partial charge in [-0.3, -0.25) is 4.98 Å². The molecule has 2 fully saturated rings. The predicted octanol–water partition coefficient (Wildman–Crippen LogP) is 7.46. The molecule has 2 amide bonds. The normalized spacial score (nSPS) is 19.9. The monoisotopic (exact) mass is 557 g/mol. The van der Waals surface area contributed by atoms with Crippen molar-refractivity contribution in [2.24, 2.45) is 5.92 Å². The Kier molecular flexibility index (Phi) is 8.24. The first-order chi connectivity index (χ1) is 19.5. The van der Waals surface area contributed by atoms with Gasteiger partial charge in [0.1, 0.15) is 0 Å². The van der Waals surface area contributed by atoms with Crippen LogP contribution in [0.5, 0.6) is 0 Å². The molecule has 0 spiro atoms. The van der Waals surface area contributed by atoms with Gasteiger partial charge in [0.2, 0.25) is 0 Å². The maximum Gasteiger partial charge on any atom is 0.317 e. The van der Waals surface area contributed by atoms with Crippen molar-refractivity contribution in [2.75, 3.05) is 13.1 Å². The molecule has 3 aliphatic rings. The predicted molar refractivity (Wildman–Crippen MR) is 161 cm³/mol. The number of allylic oxidation sites excluding steroid dienone is 1. The quantitative estimate of drug-likeness (QED) is 0.342. The third kappa shape index (κ3) is 5.97. The van der Waals surface area contributed by atoms with Gasteiger partial charge in [0.05, 0.1) is 17.7 Å². The fourth-order valence-corrected chi connectivity index (χ4v) is 7.16. The van der Waals surface area contributed by atoms with Crippen LogP contribution in [0, 0.1) is 12.8 Å². The number of carbonyl (C=O) groups excluding carboxylic acids is 1. The molecule has 1 atom stereocenters. The number of carbonyl (C=O) groups is 1. The first-order valence-electron chi connectivity index (χ1n) is 15.0. The summed E-state index contributed by atoms with van der Waals surface area (Å²) in [7, 11) is 0. The molecule has 2 aromatic heterocycles. The molecular weight excluding hydrogens is 518 g/mol. The van der Waals surface area contributed by atoms with E-state index in [2.05, 4.69) is 51.4 Å². The Bertz CT molecular complexity index is 1370. The van der Waals surface area contributed by atoms with Crippen LogP contribution in [0.1, 0.15) is 91.8 Å². The number of urea groups is 1. The molecule has 6 nitrogen and oxygen atoms in total. The molecule has 0 bridgehead atoms. The number of hydrogen-bond donors (Lipinski definition) is 1. The van der Waals surface area contributed by atoms with Gasteiger partial charge in [-0.1, -0.05) is 49.1 Å². The van der Waals surface area contributed by atoms with Gasteiger partial charge in [0.25, 0.3) is 0 Å². The molecule has 7 heteroatoms. The Morgan fingerprint density at radius 3 is 2.67 bits per heavy atom. The number of aromatic nitrogens is 3. The van der Waals surface area contributed by atoms with Crippen LogP contribution >= 0.6 is 11.6 Å². The topological polar surface area (TPSA) is 63.1 Å². The van der Waals surface area contributed by atoms with Crippen LogP contribution in [-0.2, 0) is 6.54 Å². The summed E-state index contributed by atoms with van der Waals surface area (Å²) in [4.78, 5) is 24.5. The van der Waals surface area contributed by atoms with Crippen LogP contribution in [0.15, 0.2) is 49.1 Å². The van der Waals surface area contributed by atoms with Crippen molar-refractivity contribution in [2.45, 2.75) is 83.2 Å². The summed E-state index contributed by atoms with van der Waals surface area (Å²) in [6, 6.07) is 11.1. The van der Waals surface area contributed by atoms with Crippen molar-refractivity contribution < 1.29 is 4.79 Å². The third-order valence-corrected chi connectivity index (χ3v) is 9.28. The standard InChI is InChI=1S/C33H40ClN5O/c1-23-21-38(22-36-23)16-6-7-25-19-26-20-27(34)11-12-29(26)31(32-30(25)10-5-15-35-32)24-13-17-39(18-14-24)33(40)37-28-8-3-2-4-9-28/h5,10-12,15,19-22,24,28,31H,2-4,6-9,13-14,16-18H2,1H3,(H,37,40)/t31-/m1/s1. The highest BCUT2D eigenvalue weighted by Gasteiger charge is 2.35. The van der Waals surface area contributed by atoms with Crippen molar-refractivity contribution in [3.05, 3.63) is 82.2 Å². The van der Waals surface area contributed by atoms with Gasteiger partial charge < -0.3 is 14.8 Å². The van der Waals surface area contributed by atoms with Gasteiger partial charge in [-0.05, 0) is 91.8 Å². The number of likely N-dealkylation sites (tertiary alicyclic amines) is 1. The molecule has 1 saturated heterocycles. The van der Waals surface area contributed by atoms with Gasteiger partial charge in [0.15, 0.2) is 0 Å². The lowest BCUT2D eigenvalue weighted by Gasteiger charge is -2.37. The number of nitrogens with zero attached hydrogens (tertiary/aromatic N) is 4. The van der Waals surface area contributed by atoms with Crippen molar-refractivity contribution in [3.8, 4) is 0 Å². The summed E-state index contributed by atoms with van der Waals surface area (Å²) >= 11 is 6.54. The molecule has 1 aliphatic heterocycles. The number of piperidine rings is 1. The lowest BCUT2D eigenvalue weighted by atomic mass is 9.76. The second-order valence-electron chi connectivity index (χ2n) is 11.8. The third-order valence-electron chi connectivity index (χ3n) is 9.05. The minimum absolute atomic E-state index is 0.119. The van der Waals surface area contributed by atoms with Crippen molar-refractivity contribution in [1.82, 2.24) is 24.8 Å². The van der Waals surface area contributed by atoms with Gasteiger partial charge in [-0.15, -0.1) is 0 Å². The van der Waals surface area contributed by atoms with Crippen LogP contribution in [0.3, 0.4) is 0 Å². The van der Waals surface area contributed by atoms with Gasteiger partial charge in [0, 0.05) is 49.0 Å². The van der Waals surface area contributed by atoms with E-state index in [4.69, 9.17) is 16.6 Å². The first-order valence-corrected chi connectivity index (χ1v) is 15.4. The van der Waals surface area contributed by atoms with E-state index < -0.39 is 0 Å². The maximum atomic E-state index is 13.1. The summed E-state index contributed by atoms with van der Waals surface area (Å²) in [5, 5.41) is 4.07. The molecule has 3 aromatic rings. The summed E-state index contributed by atoms with van der Waals surface area (Å²) in [5.41, 5.74) is 7.27. The minimum atomic E-state index is 0.119. The highest BCUT2D eigenvalue weighted by Crippen LogP contribution is 2.45. The van der Waals surface area contributed by atoms with Crippen LogP contribution in [0.25, 0.3) is 11.6 Å². The smallest absolute Gasteiger partial charge is 0.317 e. The summed E-state index contributed by atoms with van der Waals surface area (Å²) < 4.78 is 2.17. The fraction of sp³-hybridized carbons (Fsp3) is 0.485. The van der Waals surface area contributed by atoms with Crippen LogP contribution in [0.2, 0.25) is 5.02 Å². The number of rotatable bonds is 6. The van der Waals surface area contributed by atoms with E-state index >= 15 is 0 Å². The van der Waals surface area contributed by atoms with E-state index in [0.29, 0.717) is 12.0 Å². The van der Waals surface area contributed by atoms with Crippen molar-refractivity contribution in [1.29, 1.82) is 0 Å². The Balaban J connectivity index is 1.22. The summed E-state index contributed by atoms with van der Waals surface area (Å²) in [6.45, 7) is 4.53.